The normalized spacial score (nSPS) is 21.8. The molecule has 0 amide bonds. The molecule has 7 heteroatoms. The highest BCUT2D eigenvalue weighted by molar-refractivity contribution is 5.79. The number of piperidine rings is 1. The van der Waals surface area contributed by atoms with Gasteiger partial charge in [0.1, 0.15) is 5.82 Å². The van der Waals surface area contributed by atoms with Gasteiger partial charge in [0.25, 0.3) is 0 Å². The van der Waals surface area contributed by atoms with Gasteiger partial charge in [-0.2, -0.15) is 14.9 Å². The third-order valence-electron chi connectivity index (χ3n) is 7.08. The number of nitrogen functional groups attached to an aromatic ring is 1. The lowest BCUT2D eigenvalue weighted by Gasteiger charge is -2.30. The number of pyridine rings is 1. The van der Waals surface area contributed by atoms with Crippen molar-refractivity contribution >= 4 is 11.5 Å². The van der Waals surface area contributed by atoms with E-state index >= 15 is 0 Å². The van der Waals surface area contributed by atoms with Crippen LogP contribution >= 0.6 is 0 Å². The van der Waals surface area contributed by atoms with Crippen LogP contribution in [0.15, 0.2) is 54.9 Å². The second-order valence-electron chi connectivity index (χ2n) is 9.09. The maximum atomic E-state index is 9.47. The van der Waals surface area contributed by atoms with Gasteiger partial charge in [0.15, 0.2) is 5.65 Å². The van der Waals surface area contributed by atoms with Gasteiger partial charge in [-0.05, 0) is 31.7 Å². The van der Waals surface area contributed by atoms with Gasteiger partial charge in [-0.1, -0.05) is 36.4 Å². The number of hydrogen-bond donors (Lipinski definition) is 2. The standard InChI is InChI=1S/C26H25N7/c27-11-10-21-24(18-12-19-7-8-20(13-18)31-19)32-26-22(15-30-33(26)25(21)28)17-6-9-23(29-14-17)16-4-2-1-3-5-16/h1-6,9,14-15,18-20,31H,7-8,10,12-13,28H2/t18-,19-,20+. The molecule has 3 atom stereocenters. The minimum Gasteiger partial charge on any atom is -0.383 e. The molecule has 3 aromatic heterocycles. The molecule has 0 aliphatic carbocycles. The quantitative estimate of drug-likeness (QED) is 0.500. The molecule has 7 nitrogen and oxygen atoms in total. The smallest absolute Gasteiger partial charge is 0.165 e. The lowest BCUT2D eigenvalue weighted by molar-refractivity contribution is 0.358. The zero-order chi connectivity index (χ0) is 22.4. The van der Waals surface area contributed by atoms with Crippen LogP contribution < -0.4 is 11.1 Å². The molecule has 4 aromatic rings. The number of benzene rings is 1. The fraction of sp³-hybridized carbons (Fsp3) is 0.308. The highest BCUT2D eigenvalue weighted by Gasteiger charge is 2.36. The van der Waals surface area contributed by atoms with E-state index in [1.54, 1.807) is 10.7 Å². The summed E-state index contributed by atoms with van der Waals surface area (Å²) in [7, 11) is 0. The molecule has 2 saturated heterocycles. The molecule has 2 aliphatic rings. The SMILES string of the molecule is N#CCc1c([C@@H]2C[C@H]3CC[C@@H](C2)N3)nc2c(-c3ccc(-c4ccccc4)nc3)cnn2c1N. The van der Waals surface area contributed by atoms with Crippen LogP contribution in [0.1, 0.15) is 42.9 Å². The molecule has 0 radical (unpaired) electrons. The predicted octanol–water partition coefficient (Wildman–Crippen LogP) is 4.10. The molecule has 0 spiro atoms. The number of fused-ring (bicyclic) bond motifs is 3. The van der Waals surface area contributed by atoms with Crippen LogP contribution in [-0.4, -0.2) is 31.7 Å². The molecule has 1 aromatic carbocycles. The molecule has 6 rings (SSSR count). The Morgan fingerprint density at radius 1 is 1.03 bits per heavy atom. The summed E-state index contributed by atoms with van der Waals surface area (Å²) in [5.41, 5.74) is 12.9. The maximum absolute atomic E-state index is 9.47. The summed E-state index contributed by atoms with van der Waals surface area (Å²) in [6.07, 6.45) is 8.40. The first-order valence-electron chi connectivity index (χ1n) is 11.5. The van der Waals surface area contributed by atoms with Gasteiger partial charge >= 0.3 is 0 Å². The summed E-state index contributed by atoms with van der Waals surface area (Å²) in [6, 6.07) is 17.5. The van der Waals surface area contributed by atoms with Crippen molar-refractivity contribution in [2.24, 2.45) is 0 Å². The van der Waals surface area contributed by atoms with Crippen LogP contribution in [0, 0.1) is 11.3 Å². The van der Waals surface area contributed by atoms with E-state index in [-0.39, 0.29) is 6.42 Å². The average molecular weight is 436 g/mol. The van der Waals surface area contributed by atoms with E-state index in [4.69, 9.17) is 10.7 Å². The van der Waals surface area contributed by atoms with E-state index in [1.807, 2.05) is 30.5 Å². The van der Waals surface area contributed by atoms with Crippen LogP contribution in [0.4, 0.5) is 5.82 Å². The molecular weight excluding hydrogens is 410 g/mol. The van der Waals surface area contributed by atoms with Crippen molar-refractivity contribution in [1.82, 2.24) is 24.9 Å². The molecule has 164 valence electrons. The van der Waals surface area contributed by atoms with Crippen molar-refractivity contribution in [3.63, 3.8) is 0 Å². The topological polar surface area (TPSA) is 105 Å². The lowest BCUT2D eigenvalue weighted by Crippen LogP contribution is -2.37. The number of nitrogens with zero attached hydrogens (tertiary/aromatic N) is 5. The number of nitrogens with two attached hydrogens (primary N) is 1. The zero-order valence-electron chi connectivity index (χ0n) is 18.3. The lowest BCUT2D eigenvalue weighted by atomic mass is 9.86. The number of nitriles is 1. The Kier molecular flexibility index (Phi) is 4.81. The number of anilines is 1. The van der Waals surface area contributed by atoms with E-state index in [0.717, 1.165) is 52.1 Å². The van der Waals surface area contributed by atoms with Crippen LogP contribution in [-0.2, 0) is 6.42 Å². The molecule has 0 saturated carbocycles. The van der Waals surface area contributed by atoms with Gasteiger partial charge in [0.2, 0.25) is 0 Å². The summed E-state index contributed by atoms with van der Waals surface area (Å²) in [5.74, 6) is 0.822. The Bertz CT molecular complexity index is 1340. The number of hydrogen-bond acceptors (Lipinski definition) is 6. The Hall–Kier alpha value is -3.76. The van der Waals surface area contributed by atoms with Gasteiger partial charge in [0, 0.05) is 46.5 Å². The van der Waals surface area contributed by atoms with Gasteiger partial charge < -0.3 is 11.1 Å². The minimum atomic E-state index is 0.242. The summed E-state index contributed by atoms with van der Waals surface area (Å²) in [6.45, 7) is 0. The first-order chi connectivity index (χ1) is 16.2. The minimum absolute atomic E-state index is 0.242. The number of aromatic nitrogens is 4. The molecule has 5 heterocycles. The second-order valence-corrected chi connectivity index (χ2v) is 9.09. The predicted molar refractivity (Wildman–Crippen MR) is 127 cm³/mol. The summed E-state index contributed by atoms with van der Waals surface area (Å²) < 4.78 is 1.67. The van der Waals surface area contributed by atoms with Crippen molar-refractivity contribution in [2.75, 3.05) is 5.73 Å². The summed E-state index contributed by atoms with van der Waals surface area (Å²) >= 11 is 0. The van der Waals surface area contributed by atoms with Crippen molar-refractivity contribution in [1.29, 1.82) is 5.26 Å². The van der Waals surface area contributed by atoms with Crippen molar-refractivity contribution in [3.05, 3.63) is 66.1 Å². The molecule has 33 heavy (non-hydrogen) atoms. The highest BCUT2D eigenvalue weighted by atomic mass is 15.3. The maximum Gasteiger partial charge on any atom is 0.165 e. The van der Waals surface area contributed by atoms with Gasteiger partial charge in [-0.3, -0.25) is 4.98 Å². The fourth-order valence-electron chi connectivity index (χ4n) is 5.48. The molecule has 2 bridgehead atoms. The fourth-order valence-corrected chi connectivity index (χ4v) is 5.48. The number of rotatable bonds is 4. The van der Waals surface area contributed by atoms with E-state index in [0.29, 0.717) is 23.8 Å². The third kappa shape index (κ3) is 3.43. The van der Waals surface area contributed by atoms with Crippen molar-refractivity contribution in [2.45, 2.75) is 50.1 Å². The van der Waals surface area contributed by atoms with E-state index < -0.39 is 0 Å². The molecule has 3 N–H and O–H groups in total. The Balaban J connectivity index is 1.44. The third-order valence-corrected chi connectivity index (χ3v) is 7.08. The Morgan fingerprint density at radius 2 is 1.82 bits per heavy atom. The van der Waals surface area contributed by atoms with Gasteiger partial charge in [0.05, 0.1) is 30.1 Å². The molecule has 2 fully saturated rings. The first-order valence-corrected chi connectivity index (χ1v) is 11.5. The first kappa shape index (κ1) is 19.9. The van der Waals surface area contributed by atoms with Crippen molar-refractivity contribution < 1.29 is 0 Å². The van der Waals surface area contributed by atoms with Crippen LogP contribution in [0.25, 0.3) is 28.0 Å². The van der Waals surface area contributed by atoms with E-state index in [2.05, 4.69) is 39.7 Å². The van der Waals surface area contributed by atoms with E-state index in [1.165, 1.54) is 12.8 Å². The summed E-state index contributed by atoms with van der Waals surface area (Å²) in [5, 5.41) is 17.7. The highest BCUT2D eigenvalue weighted by Crippen LogP contribution is 2.40. The average Bonchev–Trinajstić information content (AvgIpc) is 3.44. The largest absolute Gasteiger partial charge is 0.383 e. The van der Waals surface area contributed by atoms with Crippen LogP contribution in [0.3, 0.4) is 0 Å². The molecular formula is C26H25N7. The van der Waals surface area contributed by atoms with Crippen LogP contribution in [0.2, 0.25) is 0 Å². The van der Waals surface area contributed by atoms with Crippen molar-refractivity contribution in [3.8, 4) is 28.5 Å². The molecule has 2 aliphatic heterocycles. The Labute approximate surface area is 192 Å². The number of nitrogens with one attached hydrogen (secondary N) is 1. The Morgan fingerprint density at radius 3 is 2.52 bits per heavy atom. The summed E-state index contributed by atoms with van der Waals surface area (Å²) in [4.78, 5) is 9.78. The monoisotopic (exact) mass is 435 g/mol. The zero-order valence-corrected chi connectivity index (χ0v) is 18.3. The second kappa shape index (κ2) is 7.98. The van der Waals surface area contributed by atoms with Gasteiger partial charge in [-0.15, -0.1) is 0 Å². The van der Waals surface area contributed by atoms with Gasteiger partial charge in [-0.25, -0.2) is 4.98 Å². The molecule has 0 unspecified atom stereocenters. The van der Waals surface area contributed by atoms with Crippen LogP contribution in [0.5, 0.6) is 0 Å². The van der Waals surface area contributed by atoms with E-state index in [9.17, 15) is 5.26 Å².